The van der Waals surface area contributed by atoms with Crippen molar-refractivity contribution in [1.29, 1.82) is 0 Å². The third-order valence-electron chi connectivity index (χ3n) is 2.56. The third-order valence-corrected chi connectivity index (χ3v) is 2.56. The molecule has 2 rings (SSSR count). The minimum Gasteiger partial charge on any atom is -0.476 e. The highest BCUT2D eigenvalue weighted by Crippen LogP contribution is 2.09. The van der Waals surface area contributed by atoms with Crippen molar-refractivity contribution in [3.8, 4) is 0 Å². The molecule has 2 heterocycles. The summed E-state index contributed by atoms with van der Waals surface area (Å²) in [4.78, 5) is 22.7. The number of aryl methyl sites for hydroxylation is 1. The van der Waals surface area contributed by atoms with Crippen LogP contribution in [0.2, 0.25) is 0 Å². The fourth-order valence-corrected chi connectivity index (χ4v) is 1.72. The average molecular weight is 279 g/mol. The molecule has 0 aliphatic heterocycles. The third kappa shape index (κ3) is 2.82. The van der Waals surface area contributed by atoms with E-state index in [0.29, 0.717) is 23.7 Å². The summed E-state index contributed by atoms with van der Waals surface area (Å²) in [6.45, 7) is 3.32. The van der Waals surface area contributed by atoms with E-state index in [4.69, 9.17) is 9.63 Å². The Morgan fingerprint density at radius 1 is 1.50 bits per heavy atom. The minimum absolute atomic E-state index is 0.141. The predicted molar refractivity (Wildman–Crippen MR) is 66.2 cm³/mol. The van der Waals surface area contributed by atoms with Crippen LogP contribution in [0.25, 0.3) is 0 Å². The van der Waals surface area contributed by atoms with Gasteiger partial charge in [0.05, 0.1) is 5.69 Å². The van der Waals surface area contributed by atoms with Gasteiger partial charge in [-0.05, 0) is 13.3 Å². The summed E-state index contributed by atoms with van der Waals surface area (Å²) in [5.74, 6) is -0.692. The molecule has 0 unspecified atom stereocenters. The van der Waals surface area contributed by atoms with Crippen molar-refractivity contribution in [3.05, 3.63) is 23.2 Å². The van der Waals surface area contributed by atoms with Crippen molar-refractivity contribution in [1.82, 2.24) is 20.2 Å². The van der Waals surface area contributed by atoms with Gasteiger partial charge in [0.2, 0.25) is 5.91 Å². The van der Waals surface area contributed by atoms with E-state index in [1.165, 1.54) is 4.68 Å². The molecule has 0 radical (unpaired) electrons. The molecule has 9 nitrogen and oxygen atoms in total. The number of carboxylic acid groups (broad SMARTS) is 1. The number of aromatic nitrogens is 4. The molecule has 106 valence electrons. The Bertz CT molecular complexity index is 645. The molecular weight excluding hydrogens is 266 g/mol. The molecule has 2 N–H and O–H groups in total. The maximum Gasteiger partial charge on any atom is 0.358 e. The first-order valence-electron chi connectivity index (χ1n) is 5.90. The van der Waals surface area contributed by atoms with E-state index in [-0.39, 0.29) is 12.2 Å². The van der Waals surface area contributed by atoms with Gasteiger partial charge in [-0.3, -0.25) is 4.79 Å². The molecule has 1 amide bonds. The van der Waals surface area contributed by atoms with Gasteiger partial charge in [-0.25, -0.2) is 9.48 Å². The van der Waals surface area contributed by atoms with E-state index in [2.05, 4.69) is 20.8 Å². The lowest BCUT2D eigenvalue weighted by Gasteiger charge is -2.04. The first-order valence-corrected chi connectivity index (χ1v) is 5.90. The van der Waals surface area contributed by atoms with Gasteiger partial charge in [-0.15, -0.1) is 5.10 Å². The summed E-state index contributed by atoms with van der Waals surface area (Å²) < 4.78 is 6.07. The number of hydrogen-bond donors (Lipinski definition) is 2. The second kappa shape index (κ2) is 5.51. The van der Waals surface area contributed by atoms with Crippen LogP contribution < -0.4 is 5.32 Å². The fraction of sp³-hybridized carbons (Fsp3) is 0.364. The molecule has 0 aliphatic carbocycles. The average Bonchev–Trinajstić information content (AvgIpc) is 2.95. The van der Waals surface area contributed by atoms with Crippen LogP contribution in [-0.4, -0.2) is 37.1 Å². The zero-order valence-corrected chi connectivity index (χ0v) is 11.0. The van der Waals surface area contributed by atoms with Gasteiger partial charge < -0.3 is 14.9 Å². The van der Waals surface area contributed by atoms with Crippen molar-refractivity contribution in [2.45, 2.75) is 26.8 Å². The molecule has 0 bridgehead atoms. The predicted octanol–water partition coefficient (Wildman–Crippen LogP) is 0.474. The van der Waals surface area contributed by atoms with Gasteiger partial charge in [0.25, 0.3) is 0 Å². The molecule has 0 atom stereocenters. The fourth-order valence-electron chi connectivity index (χ4n) is 1.72. The lowest BCUT2D eigenvalue weighted by Crippen LogP contribution is -2.21. The number of carbonyl (C=O) groups is 2. The smallest absolute Gasteiger partial charge is 0.358 e. The number of hydrogen-bond acceptors (Lipinski definition) is 6. The van der Waals surface area contributed by atoms with E-state index in [1.807, 2.05) is 0 Å². The maximum atomic E-state index is 11.8. The topological polar surface area (TPSA) is 123 Å². The maximum absolute atomic E-state index is 11.8. The van der Waals surface area contributed by atoms with E-state index in [0.717, 1.165) is 0 Å². The molecule has 0 fully saturated rings. The number of anilines is 1. The van der Waals surface area contributed by atoms with E-state index < -0.39 is 11.9 Å². The lowest BCUT2D eigenvalue weighted by molar-refractivity contribution is -0.117. The van der Waals surface area contributed by atoms with Crippen molar-refractivity contribution < 1.29 is 19.2 Å². The number of nitrogens with zero attached hydrogens (tertiary/aromatic N) is 4. The first-order chi connectivity index (χ1) is 9.51. The Kier molecular flexibility index (Phi) is 3.78. The van der Waals surface area contributed by atoms with E-state index in [9.17, 15) is 9.59 Å². The second-order valence-corrected chi connectivity index (χ2v) is 4.07. The summed E-state index contributed by atoms with van der Waals surface area (Å²) in [6.07, 6.45) is 0.408. The van der Waals surface area contributed by atoms with Crippen LogP contribution in [0.1, 0.15) is 28.9 Å². The highest BCUT2D eigenvalue weighted by molar-refractivity contribution is 5.90. The first kappa shape index (κ1) is 13.7. The number of amides is 1. The second-order valence-electron chi connectivity index (χ2n) is 4.07. The van der Waals surface area contributed by atoms with Gasteiger partial charge in [0.1, 0.15) is 12.3 Å². The molecule has 0 spiro atoms. The van der Waals surface area contributed by atoms with Crippen molar-refractivity contribution >= 4 is 17.7 Å². The molecule has 2 aromatic rings. The monoisotopic (exact) mass is 279 g/mol. The van der Waals surface area contributed by atoms with Gasteiger partial charge >= 0.3 is 5.97 Å². The van der Waals surface area contributed by atoms with Crippen molar-refractivity contribution in [3.63, 3.8) is 0 Å². The Morgan fingerprint density at radius 2 is 2.25 bits per heavy atom. The van der Waals surface area contributed by atoms with Gasteiger partial charge in [-0.1, -0.05) is 17.3 Å². The highest BCUT2D eigenvalue weighted by atomic mass is 16.5. The Labute approximate surface area is 113 Å². The molecule has 20 heavy (non-hydrogen) atoms. The largest absolute Gasteiger partial charge is 0.476 e. The van der Waals surface area contributed by atoms with Gasteiger partial charge in [0.15, 0.2) is 11.5 Å². The molecule has 0 aromatic carbocycles. The van der Waals surface area contributed by atoms with Crippen molar-refractivity contribution in [2.75, 3.05) is 5.32 Å². The van der Waals surface area contributed by atoms with Crippen LogP contribution in [0.4, 0.5) is 5.82 Å². The Balaban J connectivity index is 2.10. The molecule has 9 heteroatoms. The van der Waals surface area contributed by atoms with Crippen LogP contribution in [0.15, 0.2) is 10.6 Å². The van der Waals surface area contributed by atoms with E-state index >= 15 is 0 Å². The van der Waals surface area contributed by atoms with Crippen LogP contribution in [-0.2, 0) is 17.8 Å². The van der Waals surface area contributed by atoms with E-state index in [1.54, 1.807) is 19.9 Å². The molecule has 0 saturated heterocycles. The summed E-state index contributed by atoms with van der Waals surface area (Å²) >= 11 is 0. The zero-order valence-electron chi connectivity index (χ0n) is 11.0. The minimum atomic E-state index is -1.17. The van der Waals surface area contributed by atoms with Crippen LogP contribution in [0.3, 0.4) is 0 Å². The molecule has 0 aliphatic rings. The van der Waals surface area contributed by atoms with Crippen LogP contribution >= 0.6 is 0 Å². The zero-order chi connectivity index (χ0) is 14.7. The quantitative estimate of drug-likeness (QED) is 0.815. The highest BCUT2D eigenvalue weighted by Gasteiger charge is 2.19. The summed E-state index contributed by atoms with van der Waals surface area (Å²) in [6, 6.07) is 1.57. The Morgan fingerprint density at radius 3 is 2.80 bits per heavy atom. The normalized spacial score (nSPS) is 10.5. The van der Waals surface area contributed by atoms with Gasteiger partial charge in [-0.2, -0.15) is 0 Å². The number of aromatic carboxylic acids is 1. The summed E-state index contributed by atoms with van der Waals surface area (Å²) in [7, 11) is 0. The van der Waals surface area contributed by atoms with Gasteiger partial charge in [0, 0.05) is 6.07 Å². The number of nitrogens with one attached hydrogen (secondary N) is 1. The molecule has 2 aromatic heterocycles. The summed E-state index contributed by atoms with van der Waals surface area (Å²) in [5, 5.41) is 22.3. The Hall–Kier alpha value is -2.71. The SMILES string of the molecule is CCc1c(C(=O)O)nnn1CC(=O)Nc1cc(C)on1. The lowest BCUT2D eigenvalue weighted by atomic mass is 10.2. The number of carboxylic acids is 1. The van der Waals surface area contributed by atoms with Crippen molar-refractivity contribution in [2.24, 2.45) is 0 Å². The summed E-state index contributed by atoms with van der Waals surface area (Å²) in [5.41, 5.74) is 0.251. The number of rotatable bonds is 5. The van der Waals surface area contributed by atoms with Crippen LogP contribution in [0.5, 0.6) is 0 Å². The molecule has 0 saturated carbocycles. The standard InChI is InChI=1S/C11H13N5O4/c1-3-7-10(11(18)19)13-15-16(7)5-9(17)12-8-4-6(2)20-14-8/h4H,3,5H2,1-2H3,(H,18,19)(H,12,14,17). The molecular formula is C11H13N5O4. The number of carbonyl (C=O) groups excluding carboxylic acids is 1. The van der Waals surface area contributed by atoms with Crippen LogP contribution in [0, 0.1) is 6.92 Å².